The molecule has 1 fully saturated rings. The topological polar surface area (TPSA) is 41.6 Å². The molecule has 1 saturated heterocycles. The molecule has 0 aromatic carbocycles. The number of ether oxygens (including phenoxy) is 1. The van der Waals surface area contributed by atoms with Gasteiger partial charge in [0.05, 0.1) is 0 Å². The quantitative estimate of drug-likeness (QED) is 0.538. The van der Waals surface area contributed by atoms with Crippen LogP contribution >= 0.6 is 0 Å². The summed E-state index contributed by atoms with van der Waals surface area (Å²) in [4.78, 5) is 13.6. The van der Waals surface area contributed by atoms with Crippen molar-refractivity contribution in [1.29, 1.82) is 0 Å². The molecule has 0 bridgehead atoms. The van der Waals surface area contributed by atoms with E-state index in [4.69, 9.17) is 4.74 Å². The summed E-state index contributed by atoms with van der Waals surface area (Å²) >= 11 is 0. The van der Waals surface area contributed by atoms with E-state index in [9.17, 15) is 4.79 Å². The van der Waals surface area contributed by atoms with Crippen LogP contribution in [0.5, 0.6) is 0 Å². The Morgan fingerprint density at radius 3 is 3.08 bits per heavy atom. The molecule has 0 aromatic rings. The third-order valence-electron chi connectivity index (χ3n) is 2.71. The maximum absolute atomic E-state index is 11.4. The predicted octanol–water partition coefficient (Wildman–Crippen LogP) is 0.0684. The minimum absolute atomic E-state index is 0.113. The number of hydrogen-bond acceptors (Lipinski definition) is 4. The Morgan fingerprint density at radius 2 is 2.31 bits per heavy atom. The first-order valence-electron chi connectivity index (χ1n) is 4.56. The molecule has 72 valence electrons. The van der Waals surface area contributed by atoms with Gasteiger partial charge in [0.2, 0.25) is 0 Å². The van der Waals surface area contributed by atoms with Crippen molar-refractivity contribution in [3.05, 3.63) is 11.5 Å². The fourth-order valence-electron chi connectivity index (χ4n) is 1.81. The monoisotopic (exact) mass is 182 g/mol. The van der Waals surface area contributed by atoms with E-state index in [1.54, 1.807) is 0 Å². The van der Waals surface area contributed by atoms with Crippen LogP contribution in [0.4, 0.5) is 0 Å². The summed E-state index contributed by atoms with van der Waals surface area (Å²) < 4.78 is 5.13. The van der Waals surface area contributed by atoms with Gasteiger partial charge in [-0.05, 0) is 13.8 Å². The summed E-state index contributed by atoms with van der Waals surface area (Å²) in [5.41, 5.74) is 1.09. The Hall–Kier alpha value is -1.03. The molecular weight excluding hydrogens is 168 g/mol. The Labute approximate surface area is 77.5 Å². The lowest BCUT2D eigenvalue weighted by Gasteiger charge is -2.40. The zero-order chi connectivity index (χ0) is 9.42. The van der Waals surface area contributed by atoms with E-state index >= 15 is 0 Å². The number of fused-ring (bicyclic) bond motifs is 1. The first-order chi connectivity index (χ1) is 6.20. The number of nitrogens with one attached hydrogen (secondary N) is 1. The van der Waals surface area contributed by atoms with E-state index in [0.29, 0.717) is 6.54 Å². The molecule has 0 aliphatic carbocycles. The van der Waals surface area contributed by atoms with Gasteiger partial charge in [-0.1, -0.05) is 0 Å². The molecule has 2 aliphatic rings. The van der Waals surface area contributed by atoms with Crippen molar-refractivity contribution in [3.8, 4) is 0 Å². The number of nitrogens with zero attached hydrogens (tertiary/aromatic N) is 1. The number of rotatable bonds is 0. The first kappa shape index (κ1) is 8.56. The third-order valence-corrected chi connectivity index (χ3v) is 2.71. The maximum atomic E-state index is 11.4. The molecule has 1 unspecified atom stereocenters. The molecule has 0 aromatic heterocycles. The van der Waals surface area contributed by atoms with E-state index in [1.807, 2.05) is 13.8 Å². The average molecular weight is 182 g/mol. The molecule has 1 atom stereocenters. The predicted molar refractivity (Wildman–Crippen MR) is 47.8 cm³/mol. The molecule has 0 radical (unpaired) electrons. The highest BCUT2D eigenvalue weighted by atomic mass is 16.5. The average Bonchev–Trinajstić information content (AvgIpc) is 2.15. The van der Waals surface area contributed by atoms with Gasteiger partial charge in [0.25, 0.3) is 0 Å². The number of carbonyl (C=O) groups is 1. The van der Waals surface area contributed by atoms with Crippen LogP contribution in [-0.4, -0.2) is 36.5 Å². The van der Waals surface area contributed by atoms with Crippen molar-refractivity contribution in [3.63, 3.8) is 0 Å². The molecule has 2 aliphatic heterocycles. The number of cyclic esters (lactones) is 1. The van der Waals surface area contributed by atoms with Gasteiger partial charge in [0, 0.05) is 25.3 Å². The Balaban J connectivity index is 2.29. The zero-order valence-corrected chi connectivity index (χ0v) is 7.96. The number of esters is 1. The fourth-order valence-corrected chi connectivity index (χ4v) is 1.81. The van der Waals surface area contributed by atoms with E-state index in [1.165, 1.54) is 0 Å². The van der Waals surface area contributed by atoms with Gasteiger partial charge < -0.3 is 15.0 Å². The fraction of sp³-hybridized carbons (Fsp3) is 0.667. The van der Waals surface area contributed by atoms with Crippen LogP contribution in [0.15, 0.2) is 11.5 Å². The van der Waals surface area contributed by atoms with Crippen LogP contribution in [0.1, 0.15) is 13.8 Å². The molecule has 0 saturated carbocycles. The highest BCUT2D eigenvalue weighted by molar-refractivity contribution is 5.78. The summed E-state index contributed by atoms with van der Waals surface area (Å²) in [5.74, 6) is 0.610. The van der Waals surface area contributed by atoms with Crippen molar-refractivity contribution >= 4 is 5.97 Å². The second-order valence-electron chi connectivity index (χ2n) is 3.48. The van der Waals surface area contributed by atoms with Gasteiger partial charge in [-0.15, -0.1) is 0 Å². The summed E-state index contributed by atoms with van der Waals surface area (Å²) in [6.45, 7) is 6.37. The summed E-state index contributed by atoms with van der Waals surface area (Å²) in [7, 11) is 0. The molecule has 0 spiro atoms. The summed E-state index contributed by atoms with van der Waals surface area (Å²) in [6.07, 6.45) is 0. The standard InChI is InChI=1S/C9H14N2O2/c1-6-7(2)13-9(12)8-5-10-3-4-11(6)8/h8,10H,3-5H2,1-2H3. The van der Waals surface area contributed by atoms with Gasteiger partial charge in [-0.2, -0.15) is 0 Å². The van der Waals surface area contributed by atoms with Crippen LogP contribution in [0.3, 0.4) is 0 Å². The summed E-state index contributed by atoms with van der Waals surface area (Å²) in [6, 6.07) is -0.113. The molecule has 2 rings (SSSR count). The van der Waals surface area contributed by atoms with E-state index in [-0.39, 0.29) is 12.0 Å². The van der Waals surface area contributed by atoms with Gasteiger partial charge in [0.1, 0.15) is 11.8 Å². The normalized spacial score (nSPS) is 28.6. The van der Waals surface area contributed by atoms with Crippen LogP contribution in [0.25, 0.3) is 0 Å². The van der Waals surface area contributed by atoms with Gasteiger partial charge in [-0.3, -0.25) is 0 Å². The minimum Gasteiger partial charge on any atom is -0.428 e. The van der Waals surface area contributed by atoms with E-state index < -0.39 is 0 Å². The molecule has 0 amide bonds. The highest BCUT2D eigenvalue weighted by Gasteiger charge is 2.34. The van der Waals surface area contributed by atoms with Gasteiger partial charge in [0.15, 0.2) is 0 Å². The SMILES string of the molecule is CC1=C(C)N2CCNCC2C(=O)O1. The van der Waals surface area contributed by atoms with Crippen molar-refractivity contribution in [2.75, 3.05) is 19.6 Å². The lowest BCUT2D eigenvalue weighted by atomic mass is 10.1. The lowest BCUT2D eigenvalue weighted by molar-refractivity contribution is -0.148. The Morgan fingerprint density at radius 1 is 1.54 bits per heavy atom. The Bertz CT molecular complexity index is 273. The van der Waals surface area contributed by atoms with Crippen LogP contribution < -0.4 is 5.32 Å². The summed E-state index contributed by atoms with van der Waals surface area (Å²) in [5, 5.41) is 3.18. The minimum atomic E-state index is -0.129. The van der Waals surface area contributed by atoms with Gasteiger partial charge in [-0.25, -0.2) is 4.79 Å². The maximum Gasteiger partial charge on any atom is 0.335 e. The van der Waals surface area contributed by atoms with E-state index in [2.05, 4.69) is 10.2 Å². The number of piperazine rings is 1. The largest absolute Gasteiger partial charge is 0.428 e. The van der Waals surface area contributed by atoms with Crippen molar-refractivity contribution < 1.29 is 9.53 Å². The second kappa shape index (κ2) is 3.03. The van der Waals surface area contributed by atoms with Crippen LogP contribution in [-0.2, 0) is 9.53 Å². The third kappa shape index (κ3) is 1.31. The molecular formula is C9H14N2O2. The molecule has 4 nitrogen and oxygen atoms in total. The second-order valence-corrected chi connectivity index (χ2v) is 3.48. The van der Waals surface area contributed by atoms with Crippen molar-refractivity contribution in [2.45, 2.75) is 19.9 Å². The lowest BCUT2D eigenvalue weighted by Crippen LogP contribution is -2.56. The van der Waals surface area contributed by atoms with Crippen molar-refractivity contribution in [2.24, 2.45) is 0 Å². The Kier molecular flexibility index (Phi) is 2.00. The van der Waals surface area contributed by atoms with Crippen LogP contribution in [0, 0.1) is 0 Å². The molecule has 1 N–H and O–H groups in total. The number of hydrogen-bond donors (Lipinski definition) is 1. The number of carbonyl (C=O) groups excluding carboxylic acids is 1. The van der Waals surface area contributed by atoms with E-state index in [0.717, 1.165) is 24.5 Å². The molecule has 2 heterocycles. The van der Waals surface area contributed by atoms with Crippen molar-refractivity contribution in [1.82, 2.24) is 10.2 Å². The molecule has 13 heavy (non-hydrogen) atoms. The zero-order valence-electron chi connectivity index (χ0n) is 7.96. The number of allylic oxidation sites excluding steroid dienone is 2. The van der Waals surface area contributed by atoms with Gasteiger partial charge >= 0.3 is 5.97 Å². The highest BCUT2D eigenvalue weighted by Crippen LogP contribution is 2.22. The molecule has 4 heteroatoms. The first-order valence-corrected chi connectivity index (χ1v) is 4.56. The smallest absolute Gasteiger partial charge is 0.335 e. The van der Waals surface area contributed by atoms with Crippen LogP contribution in [0.2, 0.25) is 0 Å².